The van der Waals surface area contributed by atoms with Crippen molar-refractivity contribution < 1.29 is 23.9 Å². The minimum atomic E-state index is -0.467. The van der Waals surface area contributed by atoms with Crippen LogP contribution in [0, 0.1) is 33.0 Å². The van der Waals surface area contributed by atoms with Crippen LogP contribution in [-0.2, 0) is 36.9 Å². The van der Waals surface area contributed by atoms with Crippen molar-refractivity contribution in [2.24, 2.45) is 33.0 Å². The number of allylic oxidation sites excluding steroid dienone is 7. The number of esters is 1. The zero-order valence-electron chi connectivity index (χ0n) is 31.2. The molecular weight excluding hydrogens is 640 g/mol. The van der Waals surface area contributed by atoms with Gasteiger partial charge in [0.25, 0.3) is 5.91 Å². The highest BCUT2D eigenvalue weighted by molar-refractivity contribution is 6.07. The Labute approximate surface area is 301 Å². The molecule has 1 aromatic heterocycles. The van der Waals surface area contributed by atoms with Gasteiger partial charge in [-0.25, -0.2) is 4.68 Å². The van der Waals surface area contributed by atoms with E-state index < -0.39 is 5.41 Å². The van der Waals surface area contributed by atoms with Crippen molar-refractivity contribution in [3.63, 3.8) is 0 Å². The molecule has 270 valence electrons. The number of benzene rings is 1. The van der Waals surface area contributed by atoms with E-state index in [1.165, 1.54) is 12.7 Å². The maximum atomic E-state index is 13.7. The lowest BCUT2D eigenvalue weighted by Crippen LogP contribution is -2.62. The molecule has 3 fully saturated rings. The van der Waals surface area contributed by atoms with Crippen LogP contribution in [0.5, 0.6) is 0 Å². The summed E-state index contributed by atoms with van der Waals surface area (Å²) in [5, 5.41) is 11.2. The lowest BCUT2D eigenvalue weighted by Gasteiger charge is -2.70. The summed E-state index contributed by atoms with van der Waals surface area (Å²) in [5.41, 5.74) is 5.29. The number of amides is 1. The summed E-state index contributed by atoms with van der Waals surface area (Å²) in [6.45, 7) is 14.3. The smallest absolute Gasteiger partial charge is 0.311 e. The van der Waals surface area contributed by atoms with Crippen LogP contribution < -0.4 is 5.32 Å². The van der Waals surface area contributed by atoms with Crippen molar-refractivity contribution in [3.05, 3.63) is 94.1 Å². The van der Waals surface area contributed by atoms with Crippen LogP contribution in [0.3, 0.4) is 0 Å². The molecule has 9 heteroatoms. The first kappa shape index (κ1) is 35.1. The Hall–Kier alpha value is -4.27. The van der Waals surface area contributed by atoms with Gasteiger partial charge in [-0.15, -0.1) is 5.10 Å². The lowest BCUT2D eigenvalue weighted by atomic mass is 9.34. The molecule has 1 heterocycles. The molecule has 5 aliphatic rings. The molecule has 51 heavy (non-hydrogen) atoms. The largest absolute Gasteiger partial charge is 0.479 e. The van der Waals surface area contributed by atoms with Crippen LogP contribution in [0.25, 0.3) is 0 Å². The molecule has 0 spiro atoms. The van der Waals surface area contributed by atoms with Crippen LogP contribution in [0.15, 0.2) is 82.8 Å². The molecule has 7 rings (SSSR count). The first-order chi connectivity index (χ1) is 24.2. The normalized spacial score (nSPS) is 34.1. The summed E-state index contributed by atoms with van der Waals surface area (Å²) < 4.78 is 13.0. The molecule has 0 bridgehead atoms. The number of ether oxygens (including phenoxy) is 2. The van der Waals surface area contributed by atoms with Gasteiger partial charge in [0, 0.05) is 11.0 Å². The zero-order chi connectivity index (χ0) is 36.4. The van der Waals surface area contributed by atoms with Gasteiger partial charge in [0.15, 0.2) is 12.4 Å². The summed E-state index contributed by atoms with van der Waals surface area (Å²) >= 11 is 0. The average molecular weight is 693 g/mol. The van der Waals surface area contributed by atoms with E-state index in [1.807, 2.05) is 43.5 Å². The topological polar surface area (TPSA) is 112 Å². The predicted octanol–water partition coefficient (Wildman–Crippen LogP) is 7.20. The lowest BCUT2D eigenvalue weighted by molar-refractivity contribution is -0.180. The maximum Gasteiger partial charge on any atom is 0.311 e. The van der Waals surface area contributed by atoms with Crippen molar-refractivity contribution in [3.8, 4) is 0 Å². The fourth-order valence-corrected chi connectivity index (χ4v) is 10.7. The Morgan fingerprint density at radius 2 is 1.73 bits per heavy atom. The minimum absolute atomic E-state index is 0.00572. The summed E-state index contributed by atoms with van der Waals surface area (Å²) in [6.07, 6.45) is 15.0. The summed E-state index contributed by atoms with van der Waals surface area (Å²) in [7, 11) is 1.51. The van der Waals surface area contributed by atoms with E-state index in [4.69, 9.17) is 9.47 Å². The number of carbonyl (C=O) groups is 3. The van der Waals surface area contributed by atoms with Gasteiger partial charge in [0.2, 0.25) is 5.78 Å². The van der Waals surface area contributed by atoms with Crippen molar-refractivity contribution in [1.82, 2.24) is 20.3 Å². The van der Waals surface area contributed by atoms with Gasteiger partial charge in [0.1, 0.15) is 5.69 Å². The molecule has 6 atom stereocenters. The van der Waals surface area contributed by atoms with E-state index >= 15 is 0 Å². The predicted molar refractivity (Wildman–Crippen MR) is 194 cm³/mol. The SMILES string of the molecule is COC(=O)[C@]1(C)CC[C@]2(C)CC[C@]3(C)C4=CC=C5C(=CC(=O)C(OCC(=O)NCc6cn(Cc7ccccc7)nn6)=C5C)[C@]4(C)CC[C@@]3(C)[C@@H]2C1. The third-order valence-corrected chi connectivity index (χ3v) is 14.1. The van der Waals surface area contributed by atoms with E-state index in [0.717, 1.165) is 67.2 Å². The van der Waals surface area contributed by atoms with Gasteiger partial charge >= 0.3 is 5.97 Å². The van der Waals surface area contributed by atoms with Gasteiger partial charge < -0.3 is 14.8 Å². The van der Waals surface area contributed by atoms with Gasteiger partial charge in [-0.05, 0) is 104 Å². The number of aromatic nitrogens is 3. The second-order valence-corrected chi connectivity index (χ2v) is 17.0. The number of hydrogen-bond donors (Lipinski definition) is 1. The number of nitrogens with zero attached hydrogens (tertiary/aromatic N) is 3. The monoisotopic (exact) mass is 692 g/mol. The molecule has 1 amide bonds. The number of rotatable bonds is 8. The standard InChI is InChI=1S/C42H52N4O5/c1-27-30-13-14-33-40(4,18-20-42(6)34-22-39(3,37(49)50-7)16-15-38(34,2)17-19-41(33,42)5)31(30)21-32(47)36(27)51-26-35(48)43-23-29-25-46(45-44-29)24-28-11-9-8-10-12-28/h8-14,21,25,34H,15-20,22-24,26H2,1-7H3,(H,43,48)/t34-,38-,39-,40+,41-,42+/m1/s1. The third-order valence-electron chi connectivity index (χ3n) is 14.1. The Bertz CT molecular complexity index is 1910. The number of ketones is 1. The quantitative estimate of drug-likeness (QED) is 0.291. The minimum Gasteiger partial charge on any atom is -0.479 e. The molecule has 0 unspecified atom stereocenters. The molecular formula is C42H52N4O5. The van der Waals surface area contributed by atoms with E-state index in [1.54, 1.807) is 10.8 Å². The number of carbonyl (C=O) groups excluding carboxylic acids is 3. The van der Waals surface area contributed by atoms with Crippen molar-refractivity contribution in [1.29, 1.82) is 0 Å². The number of methoxy groups -OCH3 is 1. The van der Waals surface area contributed by atoms with E-state index in [9.17, 15) is 14.4 Å². The zero-order valence-corrected chi connectivity index (χ0v) is 31.2. The molecule has 9 nitrogen and oxygen atoms in total. The molecule has 0 saturated heterocycles. The van der Waals surface area contributed by atoms with E-state index in [0.29, 0.717) is 18.2 Å². The summed E-state index contributed by atoms with van der Waals surface area (Å²) in [5.74, 6) is -0.0168. The van der Waals surface area contributed by atoms with Crippen LogP contribution in [-0.4, -0.2) is 46.4 Å². The van der Waals surface area contributed by atoms with Crippen molar-refractivity contribution >= 4 is 17.7 Å². The van der Waals surface area contributed by atoms with Crippen molar-refractivity contribution in [2.75, 3.05) is 13.7 Å². The molecule has 0 radical (unpaired) electrons. The molecule has 2 aromatic rings. The molecule has 1 N–H and O–H groups in total. The Balaban J connectivity index is 1.07. The third kappa shape index (κ3) is 5.62. The van der Waals surface area contributed by atoms with Crippen LogP contribution in [0.2, 0.25) is 0 Å². The van der Waals surface area contributed by atoms with Gasteiger partial charge in [-0.3, -0.25) is 14.4 Å². The van der Waals surface area contributed by atoms with Gasteiger partial charge in [-0.2, -0.15) is 0 Å². The van der Waals surface area contributed by atoms with Gasteiger partial charge in [0.05, 0.1) is 31.8 Å². The fraction of sp³-hybridized carbons (Fsp3) is 0.548. The highest BCUT2D eigenvalue weighted by Gasteiger charge is 2.67. The first-order valence-corrected chi connectivity index (χ1v) is 18.5. The Morgan fingerprint density at radius 3 is 2.47 bits per heavy atom. The number of hydrogen-bond acceptors (Lipinski definition) is 7. The molecule has 3 saturated carbocycles. The Morgan fingerprint density at radius 1 is 0.980 bits per heavy atom. The maximum absolute atomic E-state index is 13.7. The summed E-state index contributed by atoms with van der Waals surface area (Å²) in [6, 6.07) is 9.98. The van der Waals surface area contributed by atoms with E-state index in [2.05, 4.69) is 62.4 Å². The molecule has 5 aliphatic carbocycles. The number of nitrogens with one attached hydrogen (secondary N) is 1. The first-order valence-electron chi connectivity index (χ1n) is 18.5. The fourth-order valence-electron chi connectivity index (χ4n) is 10.7. The van der Waals surface area contributed by atoms with Crippen LogP contribution in [0.4, 0.5) is 0 Å². The second kappa shape index (κ2) is 12.4. The van der Waals surface area contributed by atoms with Crippen LogP contribution in [0.1, 0.15) is 97.7 Å². The summed E-state index contributed by atoms with van der Waals surface area (Å²) in [4.78, 5) is 39.6. The second-order valence-electron chi connectivity index (χ2n) is 17.0. The van der Waals surface area contributed by atoms with Crippen molar-refractivity contribution in [2.45, 2.75) is 99.6 Å². The highest BCUT2D eigenvalue weighted by Crippen LogP contribution is 2.75. The van der Waals surface area contributed by atoms with Gasteiger partial charge in [-0.1, -0.05) is 81.0 Å². The number of fused-ring (bicyclic) bond motifs is 7. The Kier molecular flexibility index (Phi) is 8.58. The van der Waals surface area contributed by atoms with E-state index in [-0.39, 0.29) is 58.2 Å². The molecule has 1 aromatic carbocycles. The van der Waals surface area contributed by atoms with Crippen LogP contribution >= 0.6 is 0 Å². The molecule has 0 aliphatic heterocycles. The average Bonchev–Trinajstić information content (AvgIpc) is 3.56. The highest BCUT2D eigenvalue weighted by atomic mass is 16.5.